The summed E-state index contributed by atoms with van der Waals surface area (Å²) >= 11 is 0. The normalized spacial score (nSPS) is 13.6. The van der Waals surface area contributed by atoms with Crippen molar-refractivity contribution < 1.29 is 18.4 Å². The fraction of sp³-hybridized carbons (Fsp3) is 0.909. The number of hydrogen-bond acceptors (Lipinski definition) is 4. The molecule has 0 aliphatic rings. The molecule has 0 aromatic rings. The molecule has 0 saturated heterocycles. The predicted octanol–water partition coefficient (Wildman–Crippen LogP) is 2.47. The van der Waals surface area contributed by atoms with Crippen molar-refractivity contribution in [1.29, 1.82) is 0 Å². The van der Waals surface area contributed by atoms with Gasteiger partial charge in [0, 0.05) is 13.2 Å². The third-order valence-electron chi connectivity index (χ3n) is 2.45. The van der Waals surface area contributed by atoms with Crippen LogP contribution in [-0.2, 0) is 18.4 Å². The van der Waals surface area contributed by atoms with E-state index in [0.29, 0.717) is 19.8 Å². The van der Waals surface area contributed by atoms with E-state index in [1.807, 2.05) is 34.2 Å². The van der Waals surface area contributed by atoms with Crippen LogP contribution < -0.4 is 0 Å². The molecule has 0 aliphatic heterocycles. The first kappa shape index (κ1) is 15.6. The van der Waals surface area contributed by atoms with Crippen LogP contribution in [0.3, 0.4) is 0 Å². The van der Waals surface area contributed by atoms with Crippen LogP contribution in [-0.4, -0.2) is 34.4 Å². The fourth-order valence-electron chi connectivity index (χ4n) is 1.41. The lowest BCUT2D eigenvalue weighted by Crippen LogP contribution is -2.46. The van der Waals surface area contributed by atoms with Gasteiger partial charge < -0.3 is 13.6 Å². The highest BCUT2D eigenvalue weighted by Crippen LogP contribution is 2.25. The highest BCUT2D eigenvalue weighted by molar-refractivity contribution is 6.70. The van der Waals surface area contributed by atoms with Crippen LogP contribution in [0.5, 0.6) is 0 Å². The number of hydrogen-bond donors (Lipinski definition) is 0. The smallest absolute Gasteiger partial charge is 0.349 e. The van der Waals surface area contributed by atoms with Crippen molar-refractivity contribution in [3.63, 3.8) is 0 Å². The number of carbonyl (C=O) groups is 1. The summed E-state index contributed by atoms with van der Waals surface area (Å²) in [7, 11) is -2.44. The standard InChI is InChI=1S/C11H24O4Si/c1-6-9-13-11(12)10(4)16(5,14-7-2)15-8-3/h10H,6-9H2,1-5H3. The van der Waals surface area contributed by atoms with E-state index in [2.05, 4.69) is 0 Å². The van der Waals surface area contributed by atoms with E-state index >= 15 is 0 Å². The molecule has 96 valence electrons. The van der Waals surface area contributed by atoms with Crippen molar-refractivity contribution in [2.45, 2.75) is 46.2 Å². The highest BCUT2D eigenvalue weighted by atomic mass is 28.4. The topological polar surface area (TPSA) is 44.8 Å². The summed E-state index contributed by atoms with van der Waals surface area (Å²) in [4.78, 5) is 11.8. The van der Waals surface area contributed by atoms with Crippen LogP contribution in [0.25, 0.3) is 0 Å². The average Bonchev–Trinajstić information content (AvgIpc) is 2.25. The van der Waals surface area contributed by atoms with Crippen molar-refractivity contribution in [1.82, 2.24) is 0 Å². The van der Waals surface area contributed by atoms with Crippen molar-refractivity contribution >= 4 is 14.5 Å². The van der Waals surface area contributed by atoms with Crippen molar-refractivity contribution in [3.8, 4) is 0 Å². The van der Waals surface area contributed by atoms with Crippen LogP contribution >= 0.6 is 0 Å². The van der Waals surface area contributed by atoms with Gasteiger partial charge in [-0.15, -0.1) is 0 Å². The van der Waals surface area contributed by atoms with E-state index in [1.165, 1.54) is 0 Å². The largest absolute Gasteiger partial charge is 0.466 e. The van der Waals surface area contributed by atoms with E-state index in [4.69, 9.17) is 13.6 Å². The van der Waals surface area contributed by atoms with Crippen LogP contribution in [0.15, 0.2) is 0 Å². The highest BCUT2D eigenvalue weighted by Gasteiger charge is 2.43. The summed E-state index contributed by atoms with van der Waals surface area (Å²) in [6.07, 6.45) is 0.833. The van der Waals surface area contributed by atoms with Crippen LogP contribution in [0, 0.1) is 0 Å². The third kappa shape index (κ3) is 4.63. The van der Waals surface area contributed by atoms with Gasteiger partial charge in [-0.2, -0.15) is 0 Å². The summed E-state index contributed by atoms with van der Waals surface area (Å²) in [5.41, 5.74) is -0.293. The molecule has 0 aromatic heterocycles. The molecule has 0 spiro atoms. The Labute approximate surface area is 99.5 Å². The van der Waals surface area contributed by atoms with E-state index in [-0.39, 0.29) is 11.5 Å². The minimum atomic E-state index is -2.44. The number of ether oxygens (including phenoxy) is 1. The Morgan fingerprint density at radius 3 is 2.06 bits per heavy atom. The summed E-state index contributed by atoms with van der Waals surface area (Å²) in [5, 5.41) is 0. The van der Waals surface area contributed by atoms with Gasteiger partial charge in [0.2, 0.25) is 0 Å². The second-order valence-electron chi connectivity index (χ2n) is 3.77. The Kier molecular flexibility index (Phi) is 7.62. The van der Waals surface area contributed by atoms with Crippen molar-refractivity contribution in [2.24, 2.45) is 0 Å². The molecule has 1 atom stereocenters. The van der Waals surface area contributed by atoms with Crippen LogP contribution in [0.2, 0.25) is 12.1 Å². The maximum atomic E-state index is 11.8. The van der Waals surface area contributed by atoms with E-state index < -0.39 is 8.56 Å². The monoisotopic (exact) mass is 248 g/mol. The van der Waals surface area contributed by atoms with Gasteiger partial charge >= 0.3 is 14.5 Å². The van der Waals surface area contributed by atoms with Crippen LogP contribution in [0.1, 0.15) is 34.1 Å². The van der Waals surface area contributed by atoms with E-state index in [1.54, 1.807) is 0 Å². The summed E-state index contributed by atoms with van der Waals surface area (Å²) < 4.78 is 16.4. The molecule has 0 N–H and O–H groups in total. The molecular weight excluding hydrogens is 224 g/mol. The fourth-order valence-corrected chi connectivity index (χ4v) is 3.65. The lowest BCUT2D eigenvalue weighted by atomic mass is 10.5. The maximum absolute atomic E-state index is 11.8. The minimum absolute atomic E-state index is 0.210. The lowest BCUT2D eigenvalue weighted by Gasteiger charge is -2.30. The molecule has 0 aromatic carbocycles. The van der Waals surface area contributed by atoms with Gasteiger partial charge in [0.1, 0.15) is 0 Å². The molecule has 1 unspecified atom stereocenters. The molecule has 0 radical (unpaired) electrons. The Bertz CT molecular complexity index is 202. The average molecular weight is 248 g/mol. The summed E-state index contributed by atoms with van der Waals surface area (Å²) in [6.45, 7) is 11.1. The summed E-state index contributed by atoms with van der Waals surface area (Å²) in [6, 6.07) is 0. The molecule has 0 amide bonds. The second kappa shape index (κ2) is 7.81. The van der Waals surface area contributed by atoms with Gasteiger partial charge in [-0.3, -0.25) is 4.79 Å². The molecule has 5 heteroatoms. The zero-order valence-electron chi connectivity index (χ0n) is 11.0. The van der Waals surface area contributed by atoms with Gasteiger partial charge in [0.25, 0.3) is 0 Å². The summed E-state index contributed by atoms with van der Waals surface area (Å²) in [5.74, 6) is -0.210. The van der Waals surface area contributed by atoms with Gasteiger partial charge in [-0.1, -0.05) is 6.92 Å². The molecule has 0 aliphatic carbocycles. The number of carbonyl (C=O) groups excluding carboxylic acids is 1. The zero-order chi connectivity index (χ0) is 12.6. The third-order valence-corrected chi connectivity index (χ3v) is 5.98. The van der Waals surface area contributed by atoms with E-state index in [0.717, 1.165) is 6.42 Å². The molecule has 0 bridgehead atoms. The molecule has 0 heterocycles. The molecule has 16 heavy (non-hydrogen) atoms. The molecule has 0 fully saturated rings. The number of esters is 1. The maximum Gasteiger partial charge on any atom is 0.349 e. The quantitative estimate of drug-likeness (QED) is 0.489. The first-order valence-corrected chi connectivity index (χ1v) is 8.35. The Balaban J connectivity index is 4.46. The predicted molar refractivity (Wildman–Crippen MR) is 65.5 cm³/mol. The molecule has 0 saturated carbocycles. The number of rotatable bonds is 8. The zero-order valence-corrected chi connectivity index (χ0v) is 12.0. The lowest BCUT2D eigenvalue weighted by molar-refractivity contribution is -0.144. The Hall–Kier alpha value is -0.393. The van der Waals surface area contributed by atoms with Gasteiger partial charge in [0.05, 0.1) is 12.1 Å². The van der Waals surface area contributed by atoms with E-state index in [9.17, 15) is 4.79 Å². The Morgan fingerprint density at radius 2 is 1.69 bits per heavy atom. The molecule has 4 nitrogen and oxygen atoms in total. The SMILES string of the molecule is CCCOC(=O)C(C)[Si](C)(OCC)OCC. The molecular formula is C11H24O4Si. The van der Waals surface area contributed by atoms with Crippen LogP contribution in [0.4, 0.5) is 0 Å². The van der Waals surface area contributed by atoms with Gasteiger partial charge in [0.15, 0.2) is 0 Å². The van der Waals surface area contributed by atoms with Gasteiger partial charge in [-0.25, -0.2) is 0 Å². The Morgan fingerprint density at radius 1 is 1.19 bits per heavy atom. The second-order valence-corrected chi connectivity index (χ2v) is 7.25. The van der Waals surface area contributed by atoms with Gasteiger partial charge in [-0.05, 0) is 33.7 Å². The first-order chi connectivity index (χ1) is 7.51. The van der Waals surface area contributed by atoms with Crippen molar-refractivity contribution in [2.75, 3.05) is 19.8 Å². The molecule has 0 rings (SSSR count). The minimum Gasteiger partial charge on any atom is -0.466 e. The first-order valence-electron chi connectivity index (χ1n) is 5.96. The van der Waals surface area contributed by atoms with Crippen molar-refractivity contribution in [3.05, 3.63) is 0 Å².